The lowest BCUT2D eigenvalue weighted by Crippen LogP contribution is -2.13. The first-order chi connectivity index (χ1) is 4.84. The van der Waals surface area contributed by atoms with Crippen molar-refractivity contribution in [2.24, 2.45) is 5.73 Å². The van der Waals surface area contributed by atoms with E-state index in [4.69, 9.17) is 17.3 Å². The second kappa shape index (κ2) is 3.82. The van der Waals surface area contributed by atoms with Gasteiger partial charge >= 0.3 is 0 Å². The highest BCUT2D eigenvalue weighted by atomic mass is 35.5. The minimum absolute atomic E-state index is 0.324. The summed E-state index contributed by atoms with van der Waals surface area (Å²) < 4.78 is 0. The van der Waals surface area contributed by atoms with E-state index in [1.54, 1.807) is 0 Å². The molecule has 0 aromatic heterocycles. The van der Waals surface area contributed by atoms with Crippen LogP contribution in [0.5, 0.6) is 0 Å². The van der Waals surface area contributed by atoms with Gasteiger partial charge in [-0.15, -0.1) is 11.6 Å². The van der Waals surface area contributed by atoms with Gasteiger partial charge in [0.25, 0.3) is 0 Å². The Hall–Kier alpha value is -0.430. The first kappa shape index (κ1) is 10.6. The lowest BCUT2D eigenvalue weighted by Gasteiger charge is -2.18. The van der Waals surface area contributed by atoms with Crippen molar-refractivity contribution < 1.29 is 0 Å². The highest BCUT2D eigenvalue weighted by molar-refractivity contribution is 6.25. The Morgan fingerprint density at radius 2 is 1.82 bits per heavy atom. The maximum absolute atomic E-state index is 6.00. The first-order valence-electron chi connectivity index (χ1n) is 3.64. The highest BCUT2D eigenvalue weighted by Gasteiger charge is 2.16. The van der Waals surface area contributed by atoms with Gasteiger partial charge < -0.3 is 5.73 Å². The van der Waals surface area contributed by atoms with Crippen LogP contribution in [0.4, 0.5) is 0 Å². The second-order valence-corrected chi connectivity index (χ2v) is 4.18. The van der Waals surface area contributed by atoms with E-state index < -0.39 is 0 Å². The van der Waals surface area contributed by atoms with Crippen LogP contribution in [-0.2, 0) is 0 Å². The molecule has 0 heterocycles. The van der Waals surface area contributed by atoms with Crippen LogP contribution in [0.1, 0.15) is 26.7 Å². The quantitative estimate of drug-likeness (QED) is 0.514. The molecule has 0 saturated heterocycles. The summed E-state index contributed by atoms with van der Waals surface area (Å²) >= 11 is 6.00. The molecule has 0 aliphatic heterocycles. The van der Waals surface area contributed by atoms with Crippen LogP contribution in [0.15, 0.2) is 24.4 Å². The average molecular weight is 174 g/mol. The molecule has 11 heavy (non-hydrogen) atoms. The molecule has 0 fully saturated rings. The largest absolute Gasteiger partial charge is 0.403 e. The third kappa shape index (κ3) is 4.91. The summed E-state index contributed by atoms with van der Waals surface area (Å²) in [5, 5.41) is 0. The maximum Gasteiger partial charge on any atom is 0.0596 e. The van der Waals surface area contributed by atoms with Crippen LogP contribution < -0.4 is 5.73 Å². The van der Waals surface area contributed by atoms with Crippen LogP contribution in [0.2, 0.25) is 0 Å². The Kier molecular flexibility index (Phi) is 3.67. The lowest BCUT2D eigenvalue weighted by atomic mass is 9.99. The molecule has 0 rings (SSSR count). The van der Waals surface area contributed by atoms with Crippen molar-refractivity contribution in [3.05, 3.63) is 24.4 Å². The van der Waals surface area contributed by atoms with Crippen molar-refractivity contribution in [2.75, 3.05) is 0 Å². The Morgan fingerprint density at radius 1 is 1.36 bits per heavy atom. The number of allylic oxidation sites excluding steroid dienone is 2. The molecule has 1 nitrogen and oxygen atoms in total. The van der Waals surface area contributed by atoms with Crippen molar-refractivity contribution in [1.29, 1.82) is 0 Å². The fourth-order valence-electron chi connectivity index (χ4n) is 0.609. The van der Waals surface area contributed by atoms with E-state index in [1.807, 2.05) is 13.8 Å². The van der Waals surface area contributed by atoms with Gasteiger partial charge in [0.1, 0.15) is 0 Å². The summed E-state index contributed by atoms with van der Waals surface area (Å²) in [4.78, 5) is -0.324. The molecule has 2 heteroatoms. The Balaban J connectivity index is 3.80. The molecular weight excluding hydrogens is 158 g/mol. The molecule has 0 bridgehead atoms. The molecule has 0 unspecified atom stereocenters. The van der Waals surface area contributed by atoms with E-state index in [1.165, 1.54) is 0 Å². The van der Waals surface area contributed by atoms with Gasteiger partial charge in [0.2, 0.25) is 0 Å². The molecule has 0 atom stereocenters. The molecule has 0 aromatic rings. The SMILES string of the molecule is C=C(N)CCC(=C)C(C)(C)Cl. The van der Waals surface area contributed by atoms with Gasteiger partial charge in [-0.1, -0.05) is 18.7 Å². The van der Waals surface area contributed by atoms with Crippen molar-refractivity contribution in [3.8, 4) is 0 Å². The number of halogens is 1. The first-order valence-corrected chi connectivity index (χ1v) is 4.02. The molecule has 0 radical (unpaired) electrons. The summed E-state index contributed by atoms with van der Waals surface area (Å²) in [6.45, 7) is 11.3. The van der Waals surface area contributed by atoms with Gasteiger partial charge in [-0.25, -0.2) is 0 Å². The number of hydrogen-bond donors (Lipinski definition) is 1. The second-order valence-electron chi connectivity index (χ2n) is 3.23. The zero-order valence-electron chi connectivity index (χ0n) is 7.28. The molecule has 0 aliphatic carbocycles. The van der Waals surface area contributed by atoms with Gasteiger partial charge in [0.15, 0.2) is 0 Å². The molecule has 0 amide bonds. The Labute approximate surface area is 73.9 Å². The number of nitrogens with two attached hydrogens (primary N) is 1. The molecule has 0 aliphatic rings. The summed E-state index contributed by atoms with van der Waals surface area (Å²) in [7, 11) is 0. The predicted octanol–water partition coefficient (Wildman–Crippen LogP) is 2.81. The van der Waals surface area contributed by atoms with Crippen LogP contribution in [0, 0.1) is 0 Å². The van der Waals surface area contributed by atoms with Gasteiger partial charge in [-0.05, 0) is 26.7 Å². The molecule has 0 aromatic carbocycles. The third-order valence-electron chi connectivity index (χ3n) is 1.59. The fraction of sp³-hybridized carbons (Fsp3) is 0.556. The van der Waals surface area contributed by atoms with Gasteiger partial charge in [0.05, 0.1) is 4.87 Å². The van der Waals surface area contributed by atoms with Crippen molar-refractivity contribution in [2.45, 2.75) is 31.6 Å². The normalized spacial score (nSPS) is 11.2. The summed E-state index contributed by atoms with van der Waals surface area (Å²) in [5.41, 5.74) is 7.10. The Bertz CT molecular complexity index is 165. The minimum Gasteiger partial charge on any atom is -0.403 e. The van der Waals surface area contributed by atoms with E-state index >= 15 is 0 Å². The lowest BCUT2D eigenvalue weighted by molar-refractivity contribution is 0.747. The molecule has 0 saturated carbocycles. The van der Waals surface area contributed by atoms with Crippen LogP contribution >= 0.6 is 11.6 Å². The maximum atomic E-state index is 6.00. The van der Waals surface area contributed by atoms with Gasteiger partial charge in [-0.2, -0.15) is 0 Å². The van der Waals surface area contributed by atoms with Crippen molar-refractivity contribution in [3.63, 3.8) is 0 Å². The van der Waals surface area contributed by atoms with Crippen LogP contribution in [0.25, 0.3) is 0 Å². The van der Waals surface area contributed by atoms with Gasteiger partial charge in [-0.3, -0.25) is 0 Å². The zero-order chi connectivity index (χ0) is 9.07. The molecule has 2 N–H and O–H groups in total. The number of alkyl halides is 1. The van der Waals surface area contributed by atoms with Crippen molar-refractivity contribution in [1.82, 2.24) is 0 Å². The zero-order valence-corrected chi connectivity index (χ0v) is 8.04. The van der Waals surface area contributed by atoms with E-state index in [-0.39, 0.29) is 4.87 Å². The summed E-state index contributed by atoms with van der Waals surface area (Å²) in [5.74, 6) is 0. The van der Waals surface area contributed by atoms with E-state index in [0.29, 0.717) is 5.70 Å². The molecule has 64 valence electrons. The van der Waals surface area contributed by atoms with E-state index in [0.717, 1.165) is 18.4 Å². The average Bonchev–Trinajstić information content (AvgIpc) is 1.80. The predicted molar refractivity (Wildman–Crippen MR) is 51.6 cm³/mol. The van der Waals surface area contributed by atoms with Gasteiger partial charge in [0, 0.05) is 5.70 Å². The smallest absolute Gasteiger partial charge is 0.0596 e. The van der Waals surface area contributed by atoms with Crippen molar-refractivity contribution >= 4 is 11.6 Å². The number of rotatable bonds is 4. The highest BCUT2D eigenvalue weighted by Crippen LogP contribution is 2.26. The third-order valence-corrected chi connectivity index (χ3v) is 1.86. The van der Waals surface area contributed by atoms with E-state index in [2.05, 4.69) is 13.2 Å². The molecule has 0 spiro atoms. The van der Waals surface area contributed by atoms with E-state index in [9.17, 15) is 0 Å². The summed E-state index contributed by atoms with van der Waals surface area (Å²) in [6, 6.07) is 0. The van der Waals surface area contributed by atoms with Crippen LogP contribution in [0.3, 0.4) is 0 Å². The minimum atomic E-state index is -0.324. The fourth-order valence-corrected chi connectivity index (χ4v) is 0.703. The monoisotopic (exact) mass is 173 g/mol. The number of hydrogen-bond acceptors (Lipinski definition) is 1. The molecular formula is C9H16ClN. The topological polar surface area (TPSA) is 26.0 Å². The van der Waals surface area contributed by atoms with Crippen LogP contribution in [-0.4, -0.2) is 4.87 Å². The standard InChI is InChI=1S/C9H16ClN/c1-7(9(3,4)10)5-6-8(2)11/h1-2,5-6,11H2,3-4H3. The summed E-state index contributed by atoms with van der Waals surface area (Å²) in [6.07, 6.45) is 1.60. The Morgan fingerprint density at radius 3 is 2.09 bits per heavy atom.